The average Bonchev–Trinajstić information content (AvgIpc) is 2.75. The molecule has 4 nitrogen and oxygen atoms in total. The minimum atomic E-state index is -0.271. The highest BCUT2D eigenvalue weighted by molar-refractivity contribution is 6.17. The van der Waals surface area contributed by atoms with Gasteiger partial charge in [0.2, 0.25) is 5.95 Å². The van der Waals surface area contributed by atoms with E-state index in [1.54, 1.807) is 6.07 Å². The van der Waals surface area contributed by atoms with Crippen LogP contribution in [0.2, 0.25) is 0 Å². The number of benzene rings is 1. The summed E-state index contributed by atoms with van der Waals surface area (Å²) in [5, 5.41) is 3.13. The van der Waals surface area contributed by atoms with E-state index in [0.717, 1.165) is 18.5 Å². The third-order valence-corrected chi connectivity index (χ3v) is 2.58. The van der Waals surface area contributed by atoms with Crippen LogP contribution in [0.4, 0.5) is 10.3 Å². The Morgan fingerprint density at radius 3 is 3.11 bits per heavy atom. The van der Waals surface area contributed by atoms with Crippen molar-refractivity contribution in [2.24, 2.45) is 0 Å². The highest BCUT2D eigenvalue weighted by Gasteiger charge is 2.02. The number of aromatic amines is 1. The van der Waals surface area contributed by atoms with Gasteiger partial charge in [-0.2, -0.15) is 0 Å². The number of hydrogen-bond donors (Lipinski definition) is 2. The van der Waals surface area contributed by atoms with E-state index in [2.05, 4.69) is 15.3 Å². The maximum Gasteiger partial charge on any atom is 0.201 e. The number of hydrogen-bond acceptors (Lipinski definition) is 3. The second-order valence-electron chi connectivity index (χ2n) is 3.83. The number of ether oxygens (including phenoxy) is 1. The summed E-state index contributed by atoms with van der Waals surface area (Å²) >= 11 is 5.48. The first-order valence-electron chi connectivity index (χ1n) is 5.82. The van der Waals surface area contributed by atoms with Crippen LogP contribution in [-0.2, 0) is 4.74 Å². The molecular weight excluding hydrogens is 257 g/mol. The Balaban J connectivity index is 1.81. The molecule has 1 aromatic carbocycles. The van der Waals surface area contributed by atoms with Gasteiger partial charge in [0.1, 0.15) is 5.82 Å². The molecule has 0 saturated heterocycles. The number of halogens is 2. The molecule has 0 radical (unpaired) electrons. The van der Waals surface area contributed by atoms with Crippen molar-refractivity contribution in [2.75, 3.05) is 31.0 Å². The third kappa shape index (κ3) is 3.58. The number of imidazole rings is 1. The van der Waals surface area contributed by atoms with Gasteiger partial charge in [-0.25, -0.2) is 9.37 Å². The maximum absolute atomic E-state index is 13.0. The van der Waals surface area contributed by atoms with Gasteiger partial charge in [0.05, 0.1) is 17.6 Å². The standard InChI is InChI=1S/C12H15ClFN3O/c13-4-7-18-6-1-5-15-12-16-10-3-2-9(14)8-11(10)17-12/h2-3,8H,1,4-7H2,(H2,15,16,17). The lowest BCUT2D eigenvalue weighted by atomic mass is 10.3. The van der Waals surface area contributed by atoms with Crippen LogP contribution in [0.25, 0.3) is 11.0 Å². The minimum Gasteiger partial charge on any atom is -0.380 e. The van der Waals surface area contributed by atoms with Gasteiger partial charge < -0.3 is 15.0 Å². The molecule has 2 rings (SSSR count). The summed E-state index contributed by atoms with van der Waals surface area (Å²) in [4.78, 5) is 7.31. The number of H-pyrrole nitrogens is 1. The van der Waals surface area contributed by atoms with Crippen LogP contribution in [-0.4, -0.2) is 35.6 Å². The lowest BCUT2D eigenvalue weighted by Crippen LogP contribution is -2.07. The molecule has 0 amide bonds. The average molecular weight is 272 g/mol. The van der Waals surface area contributed by atoms with Crippen molar-refractivity contribution in [3.63, 3.8) is 0 Å². The van der Waals surface area contributed by atoms with Crippen molar-refractivity contribution >= 4 is 28.6 Å². The second kappa shape index (κ2) is 6.56. The number of fused-ring (bicyclic) bond motifs is 1. The lowest BCUT2D eigenvalue weighted by Gasteiger charge is -2.03. The molecule has 0 atom stereocenters. The zero-order valence-corrected chi connectivity index (χ0v) is 10.6. The number of alkyl halides is 1. The molecule has 6 heteroatoms. The summed E-state index contributed by atoms with van der Waals surface area (Å²) < 4.78 is 18.2. The second-order valence-corrected chi connectivity index (χ2v) is 4.21. The molecule has 2 aromatic rings. The van der Waals surface area contributed by atoms with Crippen molar-refractivity contribution < 1.29 is 9.13 Å². The normalized spacial score (nSPS) is 11.0. The van der Waals surface area contributed by atoms with Gasteiger partial charge in [-0.1, -0.05) is 0 Å². The minimum absolute atomic E-state index is 0.271. The van der Waals surface area contributed by atoms with Gasteiger partial charge in [0.25, 0.3) is 0 Å². The molecule has 0 spiro atoms. The van der Waals surface area contributed by atoms with Crippen LogP contribution in [0, 0.1) is 5.82 Å². The first-order valence-corrected chi connectivity index (χ1v) is 6.36. The molecule has 0 fully saturated rings. The number of anilines is 1. The first-order chi connectivity index (χ1) is 8.79. The summed E-state index contributed by atoms with van der Waals surface area (Å²) in [6.07, 6.45) is 0.863. The monoisotopic (exact) mass is 271 g/mol. The molecule has 0 aliphatic heterocycles. The Morgan fingerprint density at radius 1 is 1.39 bits per heavy atom. The smallest absolute Gasteiger partial charge is 0.201 e. The topological polar surface area (TPSA) is 49.9 Å². The largest absolute Gasteiger partial charge is 0.380 e. The molecule has 0 bridgehead atoms. The fraction of sp³-hybridized carbons (Fsp3) is 0.417. The van der Waals surface area contributed by atoms with E-state index >= 15 is 0 Å². The van der Waals surface area contributed by atoms with Crippen molar-refractivity contribution in [3.05, 3.63) is 24.0 Å². The van der Waals surface area contributed by atoms with Crippen LogP contribution >= 0.6 is 11.6 Å². The van der Waals surface area contributed by atoms with Crippen LogP contribution < -0.4 is 5.32 Å². The van der Waals surface area contributed by atoms with Crippen LogP contribution in [0.15, 0.2) is 18.2 Å². The summed E-state index contributed by atoms with van der Waals surface area (Å²) in [6.45, 7) is 1.98. The lowest BCUT2D eigenvalue weighted by molar-refractivity contribution is 0.149. The van der Waals surface area contributed by atoms with E-state index < -0.39 is 0 Å². The van der Waals surface area contributed by atoms with Crippen molar-refractivity contribution in [1.29, 1.82) is 0 Å². The zero-order valence-electron chi connectivity index (χ0n) is 9.88. The van der Waals surface area contributed by atoms with Crippen LogP contribution in [0.1, 0.15) is 6.42 Å². The number of nitrogens with zero attached hydrogens (tertiary/aromatic N) is 1. The Bertz CT molecular complexity index is 503. The molecule has 0 unspecified atom stereocenters. The summed E-state index contributed by atoms with van der Waals surface area (Å²) in [6, 6.07) is 4.47. The molecule has 0 aliphatic rings. The summed E-state index contributed by atoms with van der Waals surface area (Å²) in [5.74, 6) is 0.892. The summed E-state index contributed by atoms with van der Waals surface area (Å²) in [7, 11) is 0. The van der Waals surface area contributed by atoms with Gasteiger partial charge in [-0.05, 0) is 24.6 Å². The van der Waals surface area contributed by atoms with Gasteiger partial charge >= 0.3 is 0 Å². The SMILES string of the molecule is Fc1ccc2nc(NCCCOCCCl)[nH]c2c1. The van der Waals surface area contributed by atoms with E-state index in [0.29, 0.717) is 30.6 Å². The highest BCUT2D eigenvalue weighted by Crippen LogP contribution is 2.15. The predicted molar refractivity (Wildman–Crippen MR) is 70.7 cm³/mol. The predicted octanol–water partition coefficient (Wildman–Crippen LogP) is 2.76. The van der Waals surface area contributed by atoms with E-state index in [4.69, 9.17) is 16.3 Å². The van der Waals surface area contributed by atoms with Gasteiger partial charge in [0.15, 0.2) is 0 Å². The van der Waals surface area contributed by atoms with Gasteiger partial charge in [0, 0.05) is 19.0 Å². The molecule has 2 N–H and O–H groups in total. The highest BCUT2D eigenvalue weighted by atomic mass is 35.5. The fourth-order valence-corrected chi connectivity index (χ4v) is 1.71. The maximum atomic E-state index is 13.0. The number of aromatic nitrogens is 2. The Hall–Kier alpha value is -1.33. The number of nitrogens with one attached hydrogen (secondary N) is 2. The van der Waals surface area contributed by atoms with Crippen LogP contribution in [0.3, 0.4) is 0 Å². The molecule has 1 aromatic heterocycles. The summed E-state index contributed by atoms with van der Waals surface area (Å²) in [5.41, 5.74) is 1.44. The van der Waals surface area contributed by atoms with E-state index in [9.17, 15) is 4.39 Å². The van der Waals surface area contributed by atoms with Crippen LogP contribution in [0.5, 0.6) is 0 Å². The first kappa shape index (κ1) is 13.1. The van der Waals surface area contributed by atoms with E-state index in [1.165, 1.54) is 12.1 Å². The van der Waals surface area contributed by atoms with Gasteiger partial charge in [-0.15, -0.1) is 11.6 Å². The fourth-order valence-electron chi connectivity index (χ4n) is 1.60. The molecule has 98 valence electrons. The van der Waals surface area contributed by atoms with Gasteiger partial charge in [-0.3, -0.25) is 0 Å². The third-order valence-electron chi connectivity index (χ3n) is 2.42. The molecule has 1 heterocycles. The molecule has 0 saturated carbocycles. The van der Waals surface area contributed by atoms with Crippen molar-refractivity contribution in [1.82, 2.24) is 9.97 Å². The quantitative estimate of drug-likeness (QED) is 0.601. The molecule has 0 aliphatic carbocycles. The number of rotatable bonds is 7. The van der Waals surface area contributed by atoms with E-state index in [-0.39, 0.29) is 5.82 Å². The molecular formula is C12H15ClFN3O. The Kier molecular flexibility index (Phi) is 4.78. The Morgan fingerprint density at radius 2 is 2.28 bits per heavy atom. The Labute approximate surface area is 109 Å². The van der Waals surface area contributed by atoms with E-state index in [1.807, 2.05) is 0 Å². The van der Waals surface area contributed by atoms with Crippen molar-refractivity contribution in [2.45, 2.75) is 6.42 Å². The molecule has 18 heavy (non-hydrogen) atoms. The zero-order chi connectivity index (χ0) is 12.8. The van der Waals surface area contributed by atoms with Crippen molar-refractivity contribution in [3.8, 4) is 0 Å².